The van der Waals surface area contributed by atoms with Gasteiger partial charge in [0.05, 0.1) is 19.7 Å². The Labute approximate surface area is 108 Å². The number of hydrogen-bond acceptors (Lipinski definition) is 4. The lowest BCUT2D eigenvalue weighted by atomic mass is 10.3. The highest BCUT2D eigenvalue weighted by molar-refractivity contribution is 5.78. The van der Waals surface area contributed by atoms with Gasteiger partial charge in [0.25, 0.3) is 0 Å². The lowest BCUT2D eigenvalue weighted by Gasteiger charge is -2.17. The monoisotopic (exact) mass is 254 g/mol. The molecule has 0 saturated heterocycles. The van der Waals surface area contributed by atoms with Gasteiger partial charge in [-0.3, -0.25) is 9.69 Å². The molecule has 5 nitrogen and oxygen atoms in total. The highest BCUT2D eigenvalue weighted by atomic mass is 16.5. The molecule has 1 atom stereocenters. The molecule has 0 spiro atoms. The average molecular weight is 254 g/mol. The third-order valence-electron chi connectivity index (χ3n) is 2.46. The van der Waals surface area contributed by atoms with E-state index in [0.29, 0.717) is 19.7 Å². The SMILES string of the molecule is COCC(C)NC(=O)CN(C)Cc1ccc(C)o1. The first-order valence-electron chi connectivity index (χ1n) is 6.03. The number of methoxy groups -OCH3 is 1. The Morgan fingerprint density at radius 2 is 2.28 bits per heavy atom. The van der Waals surface area contributed by atoms with Crippen LogP contribution in [0.1, 0.15) is 18.4 Å². The van der Waals surface area contributed by atoms with Crippen LogP contribution in [0.15, 0.2) is 16.5 Å². The molecule has 1 rings (SSSR count). The molecule has 0 aliphatic heterocycles. The van der Waals surface area contributed by atoms with Crippen LogP contribution in [0.5, 0.6) is 0 Å². The van der Waals surface area contributed by atoms with Crippen molar-refractivity contribution in [1.82, 2.24) is 10.2 Å². The Hall–Kier alpha value is -1.33. The van der Waals surface area contributed by atoms with E-state index in [2.05, 4.69) is 5.32 Å². The van der Waals surface area contributed by atoms with Gasteiger partial charge in [0.1, 0.15) is 11.5 Å². The van der Waals surface area contributed by atoms with Gasteiger partial charge in [-0.1, -0.05) is 0 Å². The maximum absolute atomic E-state index is 11.7. The molecule has 0 aliphatic carbocycles. The number of nitrogens with zero attached hydrogens (tertiary/aromatic N) is 1. The number of carbonyl (C=O) groups is 1. The minimum Gasteiger partial charge on any atom is -0.465 e. The van der Waals surface area contributed by atoms with Crippen molar-refractivity contribution in [2.24, 2.45) is 0 Å². The topological polar surface area (TPSA) is 54.7 Å². The van der Waals surface area contributed by atoms with Crippen molar-refractivity contribution in [3.63, 3.8) is 0 Å². The predicted molar refractivity (Wildman–Crippen MR) is 69.3 cm³/mol. The zero-order valence-corrected chi connectivity index (χ0v) is 11.5. The van der Waals surface area contributed by atoms with E-state index in [0.717, 1.165) is 11.5 Å². The van der Waals surface area contributed by atoms with Crippen molar-refractivity contribution < 1.29 is 13.9 Å². The first-order valence-corrected chi connectivity index (χ1v) is 6.03. The molecule has 1 N–H and O–H groups in total. The number of furan rings is 1. The van der Waals surface area contributed by atoms with Crippen LogP contribution >= 0.6 is 0 Å². The molecule has 18 heavy (non-hydrogen) atoms. The van der Waals surface area contributed by atoms with E-state index in [1.54, 1.807) is 7.11 Å². The normalized spacial score (nSPS) is 12.7. The fraction of sp³-hybridized carbons (Fsp3) is 0.615. The summed E-state index contributed by atoms with van der Waals surface area (Å²) in [6.45, 7) is 5.31. The average Bonchev–Trinajstić information content (AvgIpc) is 2.63. The number of nitrogens with one attached hydrogen (secondary N) is 1. The first kappa shape index (κ1) is 14.7. The highest BCUT2D eigenvalue weighted by Gasteiger charge is 2.11. The lowest BCUT2D eigenvalue weighted by molar-refractivity contribution is -0.123. The van der Waals surface area contributed by atoms with Gasteiger partial charge in [-0.2, -0.15) is 0 Å². The molecule has 0 bridgehead atoms. The van der Waals surface area contributed by atoms with Crippen molar-refractivity contribution in [2.45, 2.75) is 26.4 Å². The fourth-order valence-electron chi connectivity index (χ4n) is 1.75. The largest absolute Gasteiger partial charge is 0.465 e. The van der Waals surface area contributed by atoms with Gasteiger partial charge < -0.3 is 14.5 Å². The van der Waals surface area contributed by atoms with Crippen LogP contribution in [0.3, 0.4) is 0 Å². The summed E-state index contributed by atoms with van der Waals surface area (Å²) in [6, 6.07) is 3.88. The van der Waals surface area contributed by atoms with E-state index in [1.165, 1.54) is 0 Å². The predicted octanol–water partition coefficient (Wildman–Crippen LogP) is 1.17. The first-order chi connectivity index (χ1) is 8.51. The van der Waals surface area contributed by atoms with Gasteiger partial charge in [0.2, 0.25) is 5.91 Å². The summed E-state index contributed by atoms with van der Waals surface area (Å²) >= 11 is 0. The van der Waals surface area contributed by atoms with Crippen molar-refractivity contribution in [1.29, 1.82) is 0 Å². The molecule has 1 aromatic rings. The Morgan fingerprint density at radius 3 is 2.83 bits per heavy atom. The van der Waals surface area contributed by atoms with E-state index in [9.17, 15) is 4.79 Å². The Kier molecular flexibility index (Phi) is 5.88. The van der Waals surface area contributed by atoms with E-state index in [-0.39, 0.29) is 11.9 Å². The van der Waals surface area contributed by atoms with Crippen LogP contribution in [-0.2, 0) is 16.1 Å². The Bertz CT molecular complexity index is 376. The van der Waals surface area contributed by atoms with Gasteiger partial charge >= 0.3 is 0 Å². The van der Waals surface area contributed by atoms with Crippen molar-refractivity contribution in [3.05, 3.63) is 23.7 Å². The maximum Gasteiger partial charge on any atom is 0.234 e. The minimum atomic E-state index is -0.00896. The van der Waals surface area contributed by atoms with Gasteiger partial charge in [-0.25, -0.2) is 0 Å². The number of carbonyl (C=O) groups excluding carboxylic acids is 1. The summed E-state index contributed by atoms with van der Waals surface area (Å²) < 4.78 is 10.4. The number of amides is 1. The minimum absolute atomic E-state index is 0.00896. The standard InChI is InChI=1S/C13H22N2O3/c1-10(9-17-4)14-13(16)8-15(3)7-12-6-5-11(2)18-12/h5-6,10H,7-9H2,1-4H3,(H,14,16). The van der Waals surface area contributed by atoms with Gasteiger partial charge in [-0.15, -0.1) is 0 Å². The molecule has 1 heterocycles. The molecule has 1 amide bonds. The second-order valence-corrected chi connectivity index (χ2v) is 4.61. The molecule has 102 valence electrons. The van der Waals surface area contributed by atoms with Crippen LogP contribution in [-0.4, -0.2) is 44.2 Å². The quantitative estimate of drug-likeness (QED) is 0.793. The molecule has 0 fully saturated rings. The number of likely N-dealkylation sites (N-methyl/N-ethyl adjacent to an activating group) is 1. The summed E-state index contributed by atoms with van der Waals surface area (Å²) in [6.07, 6.45) is 0. The van der Waals surface area contributed by atoms with E-state index >= 15 is 0 Å². The molecular formula is C13H22N2O3. The second-order valence-electron chi connectivity index (χ2n) is 4.61. The molecule has 5 heteroatoms. The van der Waals surface area contributed by atoms with Crippen molar-refractivity contribution in [2.75, 3.05) is 27.3 Å². The lowest BCUT2D eigenvalue weighted by Crippen LogP contribution is -2.41. The van der Waals surface area contributed by atoms with Gasteiger partial charge in [0.15, 0.2) is 0 Å². The van der Waals surface area contributed by atoms with E-state index in [1.807, 2.05) is 37.9 Å². The van der Waals surface area contributed by atoms with E-state index in [4.69, 9.17) is 9.15 Å². The van der Waals surface area contributed by atoms with Crippen LogP contribution in [0.4, 0.5) is 0 Å². The summed E-state index contributed by atoms with van der Waals surface area (Å²) in [4.78, 5) is 13.6. The van der Waals surface area contributed by atoms with E-state index < -0.39 is 0 Å². The summed E-state index contributed by atoms with van der Waals surface area (Å²) in [5.74, 6) is 1.75. The molecular weight excluding hydrogens is 232 g/mol. The van der Waals surface area contributed by atoms with Crippen molar-refractivity contribution >= 4 is 5.91 Å². The highest BCUT2D eigenvalue weighted by Crippen LogP contribution is 2.08. The van der Waals surface area contributed by atoms with Gasteiger partial charge in [0, 0.05) is 13.2 Å². The summed E-state index contributed by atoms with van der Waals surface area (Å²) in [5.41, 5.74) is 0. The Balaban J connectivity index is 2.31. The van der Waals surface area contributed by atoms with Crippen LogP contribution < -0.4 is 5.32 Å². The number of hydrogen-bond donors (Lipinski definition) is 1. The summed E-state index contributed by atoms with van der Waals surface area (Å²) in [5, 5.41) is 2.87. The Morgan fingerprint density at radius 1 is 1.56 bits per heavy atom. The zero-order chi connectivity index (χ0) is 13.5. The zero-order valence-electron chi connectivity index (χ0n) is 11.5. The molecule has 0 saturated carbocycles. The molecule has 0 radical (unpaired) electrons. The molecule has 0 aliphatic rings. The van der Waals surface area contributed by atoms with Crippen molar-refractivity contribution in [3.8, 4) is 0 Å². The third-order valence-corrected chi connectivity index (χ3v) is 2.46. The van der Waals surface area contributed by atoms with Crippen LogP contribution in [0.2, 0.25) is 0 Å². The fourth-order valence-corrected chi connectivity index (χ4v) is 1.75. The summed E-state index contributed by atoms with van der Waals surface area (Å²) in [7, 11) is 3.51. The van der Waals surface area contributed by atoms with Crippen LogP contribution in [0, 0.1) is 6.92 Å². The maximum atomic E-state index is 11.7. The number of rotatable bonds is 7. The van der Waals surface area contributed by atoms with Crippen LogP contribution in [0.25, 0.3) is 0 Å². The molecule has 1 aromatic heterocycles. The van der Waals surface area contributed by atoms with Gasteiger partial charge in [-0.05, 0) is 33.0 Å². The smallest absolute Gasteiger partial charge is 0.234 e. The number of ether oxygens (including phenoxy) is 1. The number of aryl methyl sites for hydroxylation is 1. The second kappa shape index (κ2) is 7.18. The third kappa shape index (κ3) is 5.33. The molecule has 1 unspecified atom stereocenters. The molecule has 0 aromatic carbocycles.